The molecule has 0 amide bonds. The minimum atomic E-state index is -0.284. The van der Waals surface area contributed by atoms with Gasteiger partial charge in [-0.1, -0.05) is 12.1 Å². The number of nitrogens with zero attached hydrogens (tertiary/aromatic N) is 1. The third-order valence-electron chi connectivity index (χ3n) is 1.27. The first-order chi connectivity index (χ1) is 5.72. The van der Waals surface area contributed by atoms with Gasteiger partial charge in [0.15, 0.2) is 0 Å². The van der Waals surface area contributed by atoms with Gasteiger partial charge in [0.1, 0.15) is 0 Å². The fourth-order valence-corrected chi connectivity index (χ4v) is 0.756. The van der Waals surface area contributed by atoms with Gasteiger partial charge in [-0.3, -0.25) is 4.79 Å². The summed E-state index contributed by atoms with van der Waals surface area (Å²) in [6, 6.07) is 1.58. The number of aryl methyl sites for hydroxylation is 1. The van der Waals surface area contributed by atoms with E-state index in [-0.39, 0.29) is 11.9 Å². The molecular formula is C8H11NO3. The van der Waals surface area contributed by atoms with Gasteiger partial charge >= 0.3 is 11.9 Å². The third-order valence-corrected chi connectivity index (χ3v) is 1.27. The molecule has 0 radical (unpaired) electrons. The first kappa shape index (κ1) is 8.77. The predicted octanol–water partition coefficient (Wildman–Crippen LogP) is 1.69. The second-order valence-electron chi connectivity index (χ2n) is 2.51. The molecule has 66 valence electrons. The zero-order valence-corrected chi connectivity index (χ0v) is 7.16. The van der Waals surface area contributed by atoms with Gasteiger partial charge in [-0.15, -0.1) is 0 Å². The molecule has 0 aliphatic carbocycles. The number of aromatic nitrogens is 1. The van der Waals surface area contributed by atoms with E-state index in [1.54, 1.807) is 13.0 Å². The molecule has 0 fully saturated rings. The van der Waals surface area contributed by atoms with Crippen molar-refractivity contribution in [3.05, 3.63) is 11.8 Å². The monoisotopic (exact) mass is 169 g/mol. The fourth-order valence-electron chi connectivity index (χ4n) is 0.756. The summed E-state index contributed by atoms with van der Waals surface area (Å²) in [5, 5.41) is 3.58. The van der Waals surface area contributed by atoms with Crippen LogP contribution in [-0.2, 0) is 4.79 Å². The second-order valence-corrected chi connectivity index (χ2v) is 2.51. The Balaban J connectivity index is 2.46. The predicted molar refractivity (Wildman–Crippen MR) is 41.8 cm³/mol. The highest BCUT2D eigenvalue weighted by Gasteiger charge is 2.06. The molecule has 1 aromatic rings. The van der Waals surface area contributed by atoms with E-state index in [2.05, 4.69) is 9.68 Å². The molecule has 1 rings (SSSR count). The van der Waals surface area contributed by atoms with Crippen molar-refractivity contribution in [2.75, 3.05) is 0 Å². The van der Waals surface area contributed by atoms with Crippen LogP contribution in [0.3, 0.4) is 0 Å². The maximum absolute atomic E-state index is 10.9. The van der Waals surface area contributed by atoms with Crippen LogP contribution in [0, 0.1) is 6.92 Å². The van der Waals surface area contributed by atoms with Crippen molar-refractivity contribution in [2.24, 2.45) is 0 Å². The molecule has 4 nitrogen and oxygen atoms in total. The van der Waals surface area contributed by atoms with E-state index in [1.165, 1.54) is 0 Å². The standard InChI is InChI=1S/C8H11NO3/c1-3-4-7(10)11-8-5-6(2)9-12-8/h5H,3-4H2,1-2H3. The zero-order valence-electron chi connectivity index (χ0n) is 7.16. The van der Waals surface area contributed by atoms with Crippen LogP contribution >= 0.6 is 0 Å². The molecule has 0 saturated heterocycles. The lowest BCUT2D eigenvalue weighted by molar-refractivity contribution is -0.135. The molecule has 0 atom stereocenters. The number of esters is 1. The van der Waals surface area contributed by atoms with E-state index in [9.17, 15) is 4.79 Å². The minimum absolute atomic E-state index is 0.172. The summed E-state index contributed by atoms with van der Waals surface area (Å²) in [6.07, 6.45) is 1.17. The normalized spacial score (nSPS) is 9.83. The van der Waals surface area contributed by atoms with Crippen molar-refractivity contribution in [3.8, 4) is 5.95 Å². The first-order valence-electron chi connectivity index (χ1n) is 3.86. The summed E-state index contributed by atoms with van der Waals surface area (Å²) in [5.41, 5.74) is 0.703. The molecule has 0 saturated carbocycles. The maximum Gasteiger partial charge on any atom is 0.319 e. The average molecular weight is 169 g/mol. The van der Waals surface area contributed by atoms with Crippen molar-refractivity contribution in [2.45, 2.75) is 26.7 Å². The van der Waals surface area contributed by atoms with Crippen LogP contribution in [0.5, 0.6) is 5.95 Å². The van der Waals surface area contributed by atoms with Crippen LogP contribution in [0.15, 0.2) is 10.6 Å². The van der Waals surface area contributed by atoms with E-state index in [1.807, 2.05) is 6.92 Å². The number of rotatable bonds is 3. The molecular weight excluding hydrogens is 158 g/mol. The molecule has 0 bridgehead atoms. The number of hydrogen-bond acceptors (Lipinski definition) is 4. The lowest BCUT2D eigenvalue weighted by Crippen LogP contribution is -2.05. The highest BCUT2D eigenvalue weighted by molar-refractivity contribution is 5.71. The van der Waals surface area contributed by atoms with Crippen LogP contribution < -0.4 is 4.74 Å². The Morgan fingerprint density at radius 2 is 2.50 bits per heavy atom. The van der Waals surface area contributed by atoms with E-state index >= 15 is 0 Å². The van der Waals surface area contributed by atoms with Gasteiger partial charge in [0, 0.05) is 12.5 Å². The van der Waals surface area contributed by atoms with E-state index < -0.39 is 0 Å². The highest BCUT2D eigenvalue weighted by Crippen LogP contribution is 2.12. The Morgan fingerprint density at radius 1 is 1.75 bits per heavy atom. The molecule has 0 N–H and O–H groups in total. The smallest absolute Gasteiger partial charge is 0.319 e. The molecule has 1 heterocycles. The van der Waals surface area contributed by atoms with E-state index in [0.29, 0.717) is 12.1 Å². The van der Waals surface area contributed by atoms with Crippen molar-refractivity contribution < 1.29 is 14.1 Å². The van der Waals surface area contributed by atoms with E-state index in [4.69, 9.17) is 4.74 Å². The topological polar surface area (TPSA) is 52.3 Å². The highest BCUT2D eigenvalue weighted by atomic mass is 16.6. The second kappa shape index (κ2) is 3.90. The number of ether oxygens (including phenoxy) is 1. The quantitative estimate of drug-likeness (QED) is 0.646. The van der Waals surface area contributed by atoms with Crippen LogP contribution in [0.4, 0.5) is 0 Å². The number of carbonyl (C=O) groups is 1. The molecule has 0 unspecified atom stereocenters. The molecule has 0 aliphatic heterocycles. The van der Waals surface area contributed by atoms with Gasteiger partial charge in [0.25, 0.3) is 0 Å². The largest absolute Gasteiger partial charge is 0.391 e. The minimum Gasteiger partial charge on any atom is -0.391 e. The summed E-state index contributed by atoms with van der Waals surface area (Å²) in [7, 11) is 0. The van der Waals surface area contributed by atoms with Gasteiger partial charge in [0.2, 0.25) is 0 Å². The van der Waals surface area contributed by atoms with Gasteiger partial charge in [-0.05, 0) is 13.3 Å². The lowest BCUT2D eigenvalue weighted by Gasteiger charge is -1.95. The van der Waals surface area contributed by atoms with Crippen LogP contribution in [0.25, 0.3) is 0 Å². The van der Waals surface area contributed by atoms with Gasteiger partial charge < -0.3 is 9.26 Å². The lowest BCUT2D eigenvalue weighted by atomic mass is 10.3. The fraction of sp³-hybridized carbons (Fsp3) is 0.500. The van der Waals surface area contributed by atoms with E-state index in [0.717, 1.165) is 6.42 Å². The Bertz CT molecular complexity index is 267. The Hall–Kier alpha value is -1.32. The molecule has 0 spiro atoms. The van der Waals surface area contributed by atoms with Gasteiger partial charge in [-0.25, -0.2) is 0 Å². The number of hydrogen-bond donors (Lipinski definition) is 0. The summed E-state index contributed by atoms with van der Waals surface area (Å²) >= 11 is 0. The SMILES string of the molecule is CCCC(=O)Oc1cc(C)no1. The zero-order chi connectivity index (χ0) is 8.97. The van der Waals surface area contributed by atoms with Crippen molar-refractivity contribution in [1.29, 1.82) is 0 Å². The summed E-state index contributed by atoms with van der Waals surface area (Å²) in [6.45, 7) is 3.67. The molecule has 0 aromatic carbocycles. The first-order valence-corrected chi connectivity index (χ1v) is 3.86. The molecule has 12 heavy (non-hydrogen) atoms. The average Bonchev–Trinajstić information content (AvgIpc) is 2.36. The summed E-state index contributed by atoms with van der Waals surface area (Å²) in [4.78, 5) is 10.9. The van der Waals surface area contributed by atoms with Crippen molar-refractivity contribution in [3.63, 3.8) is 0 Å². The van der Waals surface area contributed by atoms with Gasteiger partial charge in [0.05, 0.1) is 5.69 Å². The number of carbonyl (C=O) groups excluding carboxylic acids is 1. The third kappa shape index (κ3) is 2.38. The molecule has 4 heteroatoms. The van der Waals surface area contributed by atoms with Crippen molar-refractivity contribution >= 4 is 5.97 Å². The maximum atomic E-state index is 10.9. The van der Waals surface area contributed by atoms with Crippen LogP contribution in [0.2, 0.25) is 0 Å². The molecule has 0 aliphatic rings. The van der Waals surface area contributed by atoms with Crippen LogP contribution in [0.1, 0.15) is 25.5 Å². The Labute approximate surface area is 70.5 Å². The van der Waals surface area contributed by atoms with Gasteiger partial charge in [-0.2, -0.15) is 0 Å². The summed E-state index contributed by atoms with van der Waals surface area (Å²) < 4.78 is 9.50. The summed E-state index contributed by atoms with van der Waals surface area (Å²) in [5.74, 6) is -0.111. The Morgan fingerprint density at radius 3 is 3.00 bits per heavy atom. The van der Waals surface area contributed by atoms with Crippen molar-refractivity contribution in [1.82, 2.24) is 5.16 Å². The molecule has 1 aromatic heterocycles. The van der Waals surface area contributed by atoms with Crippen LogP contribution in [-0.4, -0.2) is 11.1 Å². The Kier molecular flexibility index (Phi) is 2.85.